The SMILES string of the molecule is CC[C@H](C)NC(=O)[C@H](Cc1ccccc1)N(Cc1cccc(OC)c1)C(=O)CN(c1cccc(C)c1)S(=O)(=O)c1ccc(Cl)cc1. The van der Waals surface area contributed by atoms with Crippen LogP contribution in [0.5, 0.6) is 5.75 Å². The molecule has 46 heavy (non-hydrogen) atoms. The molecule has 1 N–H and O–H groups in total. The molecule has 10 heteroatoms. The van der Waals surface area contributed by atoms with Crippen LogP contribution in [0.1, 0.15) is 37.0 Å². The van der Waals surface area contributed by atoms with Crippen LogP contribution < -0.4 is 14.4 Å². The molecule has 4 aromatic carbocycles. The fourth-order valence-corrected chi connectivity index (χ4v) is 6.54. The van der Waals surface area contributed by atoms with E-state index >= 15 is 0 Å². The number of amides is 2. The summed E-state index contributed by atoms with van der Waals surface area (Å²) >= 11 is 6.06. The maximum Gasteiger partial charge on any atom is 0.264 e. The molecule has 2 atom stereocenters. The fourth-order valence-electron chi connectivity index (χ4n) is 5.01. The highest BCUT2D eigenvalue weighted by Crippen LogP contribution is 2.27. The van der Waals surface area contributed by atoms with Crippen LogP contribution in [0, 0.1) is 6.92 Å². The molecule has 0 aromatic heterocycles. The van der Waals surface area contributed by atoms with Gasteiger partial charge in [0.25, 0.3) is 10.0 Å². The summed E-state index contributed by atoms with van der Waals surface area (Å²) in [7, 11) is -2.66. The molecule has 4 aromatic rings. The van der Waals surface area contributed by atoms with Gasteiger partial charge < -0.3 is 15.0 Å². The number of sulfonamides is 1. The van der Waals surface area contributed by atoms with Crippen molar-refractivity contribution in [2.24, 2.45) is 0 Å². The van der Waals surface area contributed by atoms with Crippen molar-refractivity contribution in [1.82, 2.24) is 10.2 Å². The van der Waals surface area contributed by atoms with Crippen molar-refractivity contribution in [2.75, 3.05) is 18.0 Å². The molecule has 0 aliphatic heterocycles. The first kappa shape index (κ1) is 34.5. The zero-order valence-corrected chi connectivity index (χ0v) is 28.1. The Kier molecular flexibility index (Phi) is 11.8. The number of anilines is 1. The molecule has 0 aliphatic carbocycles. The minimum atomic E-state index is -4.22. The zero-order valence-electron chi connectivity index (χ0n) is 26.5. The van der Waals surface area contributed by atoms with E-state index in [4.69, 9.17) is 16.3 Å². The fraction of sp³-hybridized carbons (Fsp3) is 0.278. The molecule has 0 spiro atoms. The van der Waals surface area contributed by atoms with E-state index in [9.17, 15) is 18.0 Å². The normalized spacial score (nSPS) is 12.5. The number of benzene rings is 4. The maximum absolute atomic E-state index is 14.6. The van der Waals surface area contributed by atoms with Gasteiger partial charge in [-0.05, 0) is 85.5 Å². The first-order valence-electron chi connectivity index (χ1n) is 15.1. The number of nitrogens with zero attached hydrogens (tertiary/aromatic N) is 2. The zero-order chi connectivity index (χ0) is 33.3. The van der Waals surface area contributed by atoms with Crippen LogP contribution in [0.3, 0.4) is 0 Å². The van der Waals surface area contributed by atoms with E-state index in [1.165, 1.54) is 29.2 Å². The van der Waals surface area contributed by atoms with Crippen LogP contribution in [0.15, 0.2) is 108 Å². The molecule has 0 radical (unpaired) electrons. The minimum absolute atomic E-state index is 0.0131. The molecular formula is C36H40ClN3O5S. The van der Waals surface area contributed by atoms with E-state index in [1.807, 2.05) is 69.3 Å². The third-order valence-corrected chi connectivity index (χ3v) is 9.77. The standard InChI is InChI=1S/C36H40ClN3O5S/c1-5-27(3)38-36(42)34(23-28-12-7-6-8-13-28)39(24-29-14-10-16-32(22-29)45-4)35(41)25-40(31-15-9-11-26(2)21-31)46(43,44)33-19-17-30(37)18-20-33/h6-22,27,34H,5,23-25H2,1-4H3,(H,38,42)/t27-,34-/m0/s1. The second-order valence-electron chi connectivity index (χ2n) is 11.2. The van der Waals surface area contributed by atoms with Crippen molar-refractivity contribution in [2.45, 2.75) is 57.1 Å². The number of methoxy groups -OCH3 is 1. The van der Waals surface area contributed by atoms with E-state index in [1.54, 1.807) is 37.4 Å². The largest absolute Gasteiger partial charge is 0.497 e. The summed E-state index contributed by atoms with van der Waals surface area (Å²) in [6.45, 7) is 5.23. The van der Waals surface area contributed by atoms with Crippen LogP contribution in [-0.2, 0) is 32.6 Å². The van der Waals surface area contributed by atoms with Gasteiger partial charge in [-0.25, -0.2) is 8.42 Å². The number of carbonyl (C=O) groups excluding carboxylic acids is 2. The van der Waals surface area contributed by atoms with Crippen molar-refractivity contribution in [3.8, 4) is 5.75 Å². The number of carbonyl (C=O) groups is 2. The molecule has 0 fully saturated rings. The van der Waals surface area contributed by atoms with Crippen molar-refractivity contribution >= 4 is 39.1 Å². The smallest absolute Gasteiger partial charge is 0.264 e. The summed E-state index contributed by atoms with van der Waals surface area (Å²) < 4.78 is 34.8. The Labute approximate surface area is 277 Å². The Morgan fingerprint density at radius 3 is 2.22 bits per heavy atom. The van der Waals surface area contributed by atoms with Crippen molar-refractivity contribution in [1.29, 1.82) is 0 Å². The summed E-state index contributed by atoms with van der Waals surface area (Å²) in [4.78, 5) is 30.0. The predicted molar refractivity (Wildman–Crippen MR) is 183 cm³/mol. The molecule has 0 saturated carbocycles. The number of nitrogens with one attached hydrogen (secondary N) is 1. The van der Waals surface area contributed by atoms with Gasteiger partial charge in [0.15, 0.2) is 0 Å². The lowest BCUT2D eigenvalue weighted by Gasteiger charge is -2.34. The number of hydrogen-bond donors (Lipinski definition) is 1. The lowest BCUT2D eigenvalue weighted by Crippen LogP contribution is -2.54. The highest BCUT2D eigenvalue weighted by Gasteiger charge is 2.35. The van der Waals surface area contributed by atoms with Crippen LogP contribution in [0.2, 0.25) is 5.02 Å². The lowest BCUT2D eigenvalue weighted by molar-refractivity contribution is -0.140. The van der Waals surface area contributed by atoms with Gasteiger partial charge in [0, 0.05) is 24.0 Å². The summed E-state index contributed by atoms with van der Waals surface area (Å²) in [5.41, 5.74) is 2.74. The Morgan fingerprint density at radius 1 is 0.891 bits per heavy atom. The van der Waals surface area contributed by atoms with Crippen LogP contribution in [0.4, 0.5) is 5.69 Å². The second kappa shape index (κ2) is 15.8. The lowest BCUT2D eigenvalue weighted by atomic mass is 10.0. The van der Waals surface area contributed by atoms with Gasteiger partial charge in [-0.3, -0.25) is 13.9 Å². The number of halogens is 1. The molecule has 0 bridgehead atoms. The first-order chi connectivity index (χ1) is 22.0. The van der Waals surface area contributed by atoms with Gasteiger partial charge in [-0.2, -0.15) is 0 Å². The van der Waals surface area contributed by atoms with Crippen molar-refractivity contribution in [3.63, 3.8) is 0 Å². The Morgan fingerprint density at radius 2 is 1.57 bits per heavy atom. The average Bonchev–Trinajstić information content (AvgIpc) is 3.05. The Bertz CT molecular complexity index is 1730. The monoisotopic (exact) mass is 661 g/mol. The average molecular weight is 662 g/mol. The summed E-state index contributed by atoms with van der Waals surface area (Å²) in [5.74, 6) is -0.264. The van der Waals surface area contributed by atoms with Gasteiger partial charge in [0.1, 0.15) is 18.3 Å². The van der Waals surface area contributed by atoms with Gasteiger partial charge in [0.2, 0.25) is 11.8 Å². The quantitative estimate of drug-likeness (QED) is 0.169. The number of ether oxygens (including phenoxy) is 1. The van der Waals surface area contributed by atoms with Crippen LogP contribution in [-0.4, -0.2) is 50.9 Å². The van der Waals surface area contributed by atoms with E-state index in [0.29, 0.717) is 22.9 Å². The number of hydrogen-bond acceptors (Lipinski definition) is 5. The molecule has 2 amide bonds. The Balaban J connectivity index is 1.82. The van der Waals surface area contributed by atoms with Gasteiger partial charge >= 0.3 is 0 Å². The van der Waals surface area contributed by atoms with Gasteiger partial charge in [-0.1, -0.05) is 73.1 Å². The van der Waals surface area contributed by atoms with E-state index in [2.05, 4.69) is 5.32 Å². The predicted octanol–water partition coefficient (Wildman–Crippen LogP) is 6.41. The van der Waals surface area contributed by atoms with Gasteiger partial charge in [-0.15, -0.1) is 0 Å². The maximum atomic E-state index is 14.6. The summed E-state index contributed by atoms with van der Waals surface area (Å²) in [6.07, 6.45) is 0.932. The second-order valence-corrected chi connectivity index (χ2v) is 13.5. The third kappa shape index (κ3) is 8.89. The van der Waals surface area contributed by atoms with Crippen LogP contribution >= 0.6 is 11.6 Å². The van der Waals surface area contributed by atoms with Crippen molar-refractivity contribution in [3.05, 3.63) is 125 Å². The molecule has 0 aliphatic rings. The molecule has 0 heterocycles. The minimum Gasteiger partial charge on any atom is -0.497 e. The molecule has 8 nitrogen and oxygen atoms in total. The van der Waals surface area contributed by atoms with E-state index in [-0.39, 0.29) is 29.8 Å². The molecule has 242 valence electrons. The molecule has 4 rings (SSSR count). The summed E-state index contributed by atoms with van der Waals surface area (Å²) in [5, 5.41) is 3.43. The Hall–Kier alpha value is -4.34. The highest BCUT2D eigenvalue weighted by molar-refractivity contribution is 7.92. The van der Waals surface area contributed by atoms with E-state index in [0.717, 1.165) is 21.0 Å². The van der Waals surface area contributed by atoms with E-state index < -0.39 is 28.5 Å². The number of rotatable bonds is 14. The number of aryl methyl sites for hydroxylation is 1. The first-order valence-corrected chi connectivity index (χ1v) is 16.9. The van der Waals surface area contributed by atoms with Crippen molar-refractivity contribution < 1.29 is 22.7 Å². The third-order valence-electron chi connectivity index (χ3n) is 7.73. The molecule has 0 saturated heterocycles. The molecular weight excluding hydrogens is 622 g/mol. The van der Waals surface area contributed by atoms with Crippen LogP contribution in [0.25, 0.3) is 0 Å². The summed E-state index contributed by atoms with van der Waals surface area (Å²) in [6, 6.07) is 28.4. The molecule has 0 unspecified atom stereocenters. The topological polar surface area (TPSA) is 96.0 Å². The van der Waals surface area contributed by atoms with Gasteiger partial charge in [0.05, 0.1) is 17.7 Å². The highest BCUT2D eigenvalue weighted by atomic mass is 35.5.